The highest BCUT2D eigenvalue weighted by molar-refractivity contribution is 5.96. The Morgan fingerprint density at radius 2 is 1.78 bits per heavy atom. The van der Waals surface area contributed by atoms with Crippen molar-refractivity contribution in [1.29, 1.82) is 0 Å². The van der Waals surface area contributed by atoms with Gasteiger partial charge in [0, 0.05) is 14.8 Å². The number of ketones is 1. The van der Waals surface area contributed by atoms with Crippen molar-refractivity contribution in [3.63, 3.8) is 0 Å². The lowest BCUT2D eigenvalue weighted by Gasteiger charge is -2.17. The Bertz CT molecular complexity index is 1320. The summed E-state index contributed by atoms with van der Waals surface area (Å²) in [6, 6.07) is 19.2. The molecule has 0 radical (unpaired) electrons. The lowest BCUT2D eigenvalue weighted by atomic mass is 9.87. The Hall–Kier alpha value is -3.64. The summed E-state index contributed by atoms with van der Waals surface area (Å²) in [6.45, 7) is 4.22. The number of fused-ring (bicyclic) bond motifs is 1. The molecule has 2 aliphatic rings. The van der Waals surface area contributed by atoms with Crippen LogP contribution in [0, 0.1) is 6.92 Å². The highest BCUT2D eigenvalue weighted by Gasteiger charge is 2.50. The third-order valence-corrected chi connectivity index (χ3v) is 7.53. The van der Waals surface area contributed by atoms with Crippen molar-refractivity contribution < 1.29 is 27.0 Å². The molecule has 196 valence electrons. The lowest BCUT2D eigenvalue weighted by Crippen LogP contribution is -2.37. The second kappa shape index (κ2) is 10.4. The van der Waals surface area contributed by atoms with Crippen LogP contribution in [0.3, 0.4) is 0 Å². The Labute approximate surface area is 220 Å². The molecule has 1 saturated carbocycles. The average Bonchev–Trinajstić information content (AvgIpc) is 3.60. The molecule has 1 fully saturated rings. The van der Waals surface area contributed by atoms with Gasteiger partial charge in [0.2, 0.25) is 6.79 Å². The molecule has 6 heteroatoms. The molecule has 0 bridgehead atoms. The number of amides is 1. The number of carbonyl (C=O) groups excluding carboxylic acids is 2. The molecule has 6 nitrogen and oxygen atoms in total. The molecule has 0 saturated heterocycles. The zero-order valence-electron chi connectivity index (χ0n) is 21.4. The summed E-state index contributed by atoms with van der Waals surface area (Å²) in [5.41, 5.74) is 5.24. The number of hydrogen-bond acceptors (Lipinski definition) is 5. The number of hydrogen-bond donors (Lipinski definition) is 2. The maximum atomic E-state index is 13.5. The number of benzene rings is 3. The number of aliphatic hydroxyl groups is 1. The van der Waals surface area contributed by atoms with E-state index in [0.717, 1.165) is 59.3 Å². The van der Waals surface area contributed by atoms with Gasteiger partial charge in [-0.25, -0.2) is 0 Å². The summed E-state index contributed by atoms with van der Waals surface area (Å²) in [4.78, 5) is 26.1. The van der Waals surface area contributed by atoms with Gasteiger partial charge in [0.15, 0.2) is 11.5 Å². The molecule has 1 aliphatic carbocycles. The van der Waals surface area contributed by atoms with Crippen LogP contribution in [0.4, 0.5) is 0 Å². The van der Waals surface area contributed by atoms with E-state index in [-0.39, 0.29) is 34.0 Å². The van der Waals surface area contributed by atoms with E-state index in [0.29, 0.717) is 17.7 Å². The molecule has 0 spiro atoms. The second-order valence-electron chi connectivity index (χ2n) is 10.1. The fourth-order valence-corrected chi connectivity index (χ4v) is 5.12. The zero-order valence-corrected chi connectivity index (χ0v) is 21.4. The maximum Gasteiger partial charge on any atom is 0.251 e. The van der Waals surface area contributed by atoms with Crippen molar-refractivity contribution in [2.75, 3.05) is 13.4 Å². The molecule has 3 aromatic rings. The molecule has 3 aromatic carbocycles. The molecule has 2 N–H and O–H groups in total. The molecular weight excluding hydrogens is 466 g/mol. The van der Waals surface area contributed by atoms with Crippen molar-refractivity contribution in [3.8, 4) is 22.6 Å². The quantitative estimate of drug-likeness (QED) is 0.375. The van der Waals surface area contributed by atoms with Gasteiger partial charge < -0.3 is 19.9 Å². The molecule has 37 heavy (non-hydrogen) atoms. The zero-order chi connectivity index (χ0) is 26.0. The van der Waals surface area contributed by atoms with Crippen LogP contribution in [0.25, 0.3) is 11.1 Å². The van der Waals surface area contributed by atoms with E-state index in [2.05, 4.69) is 17.4 Å². The molecule has 1 amide bonds. The number of carbonyl (C=O) groups is 2. The van der Waals surface area contributed by atoms with Crippen molar-refractivity contribution in [2.45, 2.75) is 57.4 Å². The van der Waals surface area contributed by atoms with Crippen molar-refractivity contribution in [2.24, 2.45) is 0 Å². The van der Waals surface area contributed by atoms with Crippen LogP contribution < -0.4 is 14.8 Å². The van der Waals surface area contributed by atoms with E-state index in [1.54, 1.807) is 12.1 Å². The average molecular weight is 504 g/mol. The molecule has 0 unspecified atom stereocenters. The fourth-order valence-electron chi connectivity index (χ4n) is 5.12. The number of rotatable bonds is 10. The van der Waals surface area contributed by atoms with Crippen LogP contribution in [0.15, 0.2) is 60.7 Å². The van der Waals surface area contributed by atoms with Gasteiger partial charge in [0.05, 0.1) is 18.1 Å². The van der Waals surface area contributed by atoms with E-state index < -0.39 is 5.41 Å². The van der Waals surface area contributed by atoms with E-state index >= 15 is 0 Å². The first kappa shape index (κ1) is 25.0. The highest BCUT2D eigenvalue weighted by atomic mass is 16.7. The van der Waals surface area contributed by atoms with Gasteiger partial charge in [0.1, 0.15) is 5.78 Å². The van der Waals surface area contributed by atoms with Gasteiger partial charge in [-0.1, -0.05) is 49.7 Å². The highest BCUT2D eigenvalue weighted by Crippen LogP contribution is 2.51. The van der Waals surface area contributed by atoms with Crippen LogP contribution in [-0.4, -0.2) is 36.2 Å². The van der Waals surface area contributed by atoms with Gasteiger partial charge >= 0.3 is 0 Å². The number of aliphatic hydroxyl groups excluding tert-OH is 1. The smallest absolute Gasteiger partial charge is 0.251 e. The van der Waals surface area contributed by atoms with E-state index in [4.69, 9.17) is 9.47 Å². The van der Waals surface area contributed by atoms with Gasteiger partial charge in [-0.3, -0.25) is 9.59 Å². The Balaban J connectivity index is 0.00000210. The third-order valence-electron chi connectivity index (χ3n) is 7.53. The Morgan fingerprint density at radius 3 is 2.49 bits per heavy atom. The Morgan fingerprint density at radius 1 is 1.03 bits per heavy atom. The summed E-state index contributed by atoms with van der Waals surface area (Å²) in [5, 5.41) is 12.4. The van der Waals surface area contributed by atoms with Crippen molar-refractivity contribution in [3.05, 3.63) is 82.9 Å². The van der Waals surface area contributed by atoms with Crippen molar-refractivity contribution in [1.82, 2.24) is 5.32 Å². The minimum Gasteiger partial charge on any atom is -0.454 e. The van der Waals surface area contributed by atoms with Gasteiger partial charge in [-0.05, 0) is 78.3 Å². The van der Waals surface area contributed by atoms with Crippen LogP contribution in [0.5, 0.6) is 11.5 Å². The van der Waals surface area contributed by atoms with E-state index in [9.17, 15) is 14.7 Å². The van der Waals surface area contributed by atoms with Gasteiger partial charge in [-0.15, -0.1) is 0 Å². The SMILES string of the molecule is CCC[C@H](CO)NC(=O)c1ccc(-c2cc(CC(=O)C3(c4ccc5c(c4)OCO5)CC3)ccc2C)cc1.[HH].[HH]. The molecule has 1 heterocycles. The lowest BCUT2D eigenvalue weighted by molar-refractivity contribution is -0.120. The predicted octanol–water partition coefficient (Wildman–Crippen LogP) is 5.62. The van der Waals surface area contributed by atoms with Crippen LogP contribution >= 0.6 is 0 Å². The molecule has 1 aliphatic heterocycles. The normalized spacial score (nSPS) is 15.8. The third kappa shape index (κ3) is 5.12. The van der Waals surface area contributed by atoms with Crippen molar-refractivity contribution >= 4 is 11.7 Å². The standard InChI is InChI=1S/C31H33NO5.2H2/c1-3-4-25(18-33)32-30(35)23-9-7-22(8-10-23)26-15-21(6-5-20(26)2)16-29(34)31(13-14-31)24-11-12-27-28(17-24)37-19-36-27;;/h5-12,15,17,25,33H,3-4,13-14,16,18-19H2,1-2H3,(H,32,35);2*1H/t25-;;/m1../s1. The van der Waals surface area contributed by atoms with Crippen LogP contribution in [0.2, 0.25) is 0 Å². The van der Waals surface area contributed by atoms with Crippen LogP contribution in [0.1, 0.15) is 62.5 Å². The first-order chi connectivity index (χ1) is 17.9. The number of nitrogens with one attached hydrogen (secondary N) is 1. The molecular formula is C31H37NO5. The minimum absolute atomic E-state index is 0. The molecule has 5 rings (SSSR count). The fraction of sp³-hybridized carbons (Fsp3) is 0.355. The minimum atomic E-state index is -0.439. The topological polar surface area (TPSA) is 84.9 Å². The number of ether oxygens (including phenoxy) is 2. The van der Waals surface area contributed by atoms with E-state index in [1.807, 2.05) is 50.2 Å². The molecule has 1 atom stereocenters. The number of Topliss-reactive ketones (excluding diaryl/α,β-unsaturated/α-hetero) is 1. The summed E-state index contributed by atoms with van der Waals surface area (Å²) in [7, 11) is 0. The predicted molar refractivity (Wildman–Crippen MR) is 146 cm³/mol. The van der Waals surface area contributed by atoms with Gasteiger partial charge in [0.25, 0.3) is 5.91 Å². The van der Waals surface area contributed by atoms with Crippen LogP contribution in [-0.2, 0) is 16.6 Å². The first-order valence-electron chi connectivity index (χ1n) is 13.0. The monoisotopic (exact) mass is 503 g/mol. The second-order valence-corrected chi connectivity index (χ2v) is 10.1. The largest absolute Gasteiger partial charge is 0.454 e. The molecule has 0 aromatic heterocycles. The number of aryl methyl sites for hydroxylation is 1. The maximum absolute atomic E-state index is 13.5. The first-order valence-corrected chi connectivity index (χ1v) is 13.0. The summed E-state index contributed by atoms with van der Waals surface area (Å²) in [6.07, 6.45) is 3.69. The summed E-state index contributed by atoms with van der Waals surface area (Å²) < 4.78 is 10.9. The summed E-state index contributed by atoms with van der Waals surface area (Å²) >= 11 is 0. The van der Waals surface area contributed by atoms with Gasteiger partial charge in [-0.2, -0.15) is 0 Å². The summed E-state index contributed by atoms with van der Waals surface area (Å²) in [5.74, 6) is 1.48. The van der Waals surface area contributed by atoms with E-state index in [1.165, 1.54) is 0 Å². The Kier molecular flexibility index (Phi) is 7.02.